The second-order valence-corrected chi connectivity index (χ2v) is 5.50. The van der Waals surface area contributed by atoms with Crippen molar-refractivity contribution >= 4 is 25.7 Å². The van der Waals surface area contributed by atoms with E-state index in [0.717, 1.165) is 23.9 Å². The van der Waals surface area contributed by atoms with Crippen molar-refractivity contribution in [1.82, 2.24) is 4.57 Å². The van der Waals surface area contributed by atoms with Crippen molar-refractivity contribution in [1.29, 1.82) is 0 Å². The predicted octanol–water partition coefficient (Wildman–Crippen LogP) is 0.0994. The van der Waals surface area contributed by atoms with Crippen molar-refractivity contribution in [3.63, 3.8) is 0 Å². The van der Waals surface area contributed by atoms with Gasteiger partial charge in [0.1, 0.15) is 5.56 Å². The maximum Gasteiger partial charge on any atom is 0.343 e. The molecule has 0 bridgehead atoms. The summed E-state index contributed by atoms with van der Waals surface area (Å²) >= 11 is 0. The summed E-state index contributed by atoms with van der Waals surface area (Å²) < 4.78 is 27.4. The summed E-state index contributed by atoms with van der Waals surface area (Å²) in [5.41, 5.74) is -1.04. The number of carbonyl (C=O) groups excluding carboxylic acids is 1. The molecule has 88 valence electrons. The van der Waals surface area contributed by atoms with Crippen molar-refractivity contribution in [3.8, 4) is 0 Å². The number of aryl methyl sites for hydroxylation is 1. The van der Waals surface area contributed by atoms with E-state index in [1.54, 1.807) is 0 Å². The second-order valence-electron chi connectivity index (χ2n) is 2.93. The van der Waals surface area contributed by atoms with Crippen LogP contribution >= 0.6 is 10.7 Å². The van der Waals surface area contributed by atoms with Gasteiger partial charge in [0.25, 0.3) is 14.6 Å². The fraction of sp³-hybridized carbons (Fsp3) is 0.250. The van der Waals surface area contributed by atoms with Crippen molar-refractivity contribution in [2.75, 3.05) is 7.11 Å². The van der Waals surface area contributed by atoms with E-state index in [1.165, 1.54) is 7.05 Å². The first-order chi connectivity index (χ1) is 7.27. The highest BCUT2D eigenvalue weighted by Gasteiger charge is 2.18. The molecule has 16 heavy (non-hydrogen) atoms. The molecule has 0 spiro atoms. The molecule has 6 nitrogen and oxygen atoms in total. The minimum absolute atomic E-state index is 0.336. The first kappa shape index (κ1) is 12.7. The number of methoxy groups -OCH3 is 1. The topological polar surface area (TPSA) is 82.4 Å². The van der Waals surface area contributed by atoms with Crippen LogP contribution in [0.15, 0.2) is 22.0 Å². The van der Waals surface area contributed by atoms with E-state index in [9.17, 15) is 18.0 Å². The monoisotopic (exact) mass is 265 g/mol. The molecule has 0 N–H and O–H groups in total. The van der Waals surface area contributed by atoms with Crippen LogP contribution in [0.25, 0.3) is 0 Å². The van der Waals surface area contributed by atoms with Gasteiger partial charge in [-0.15, -0.1) is 0 Å². The van der Waals surface area contributed by atoms with Gasteiger partial charge in [0.2, 0.25) is 0 Å². The molecule has 0 unspecified atom stereocenters. The van der Waals surface area contributed by atoms with Gasteiger partial charge in [0.05, 0.1) is 12.0 Å². The van der Waals surface area contributed by atoms with Gasteiger partial charge in [-0.1, -0.05) is 0 Å². The van der Waals surface area contributed by atoms with Crippen molar-refractivity contribution < 1.29 is 17.9 Å². The molecule has 1 heterocycles. The van der Waals surface area contributed by atoms with Gasteiger partial charge in [-0.05, 0) is 6.07 Å². The molecule has 0 aliphatic heterocycles. The van der Waals surface area contributed by atoms with Crippen LogP contribution in [0.4, 0.5) is 0 Å². The van der Waals surface area contributed by atoms with Gasteiger partial charge in [-0.2, -0.15) is 0 Å². The molecule has 0 atom stereocenters. The number of halogens is 1. The van der Waals surface area contributed by atoms with Crippen LogP contribution in [0.3, 0.4) is 0 Å². The van der Waals surface area contributed by atoms with Crippen LogP contribution in [0, 0.1) is 0 Å². The fourth-order valence-electron chi connectivity index (χ4n) is 1.07. The third-order valence-corrected chi connectivity index (χ3v) is 3.17. The fourth-order valence-corrected chi connectivity index (χ4v) is 1.87. The average molecular weight is 266 g/mol. The number of nitrogens with zero attached hydrogens (tertiary/aromatic N) is 1. The Bertz CT molecular complexity index is 589. The Morgan fingerprint density at radius 1 is 1.50 bits per heavy atom. The van der Waals surface area contributed by atoms with Gasteiger partial charge in [-0.25, -0.2) is 13.2 Å². The maximum absolute atomic E-state index is 11.5. The zero-order valence-electron chi connectivity index (χ0n) is 8.43. The summed E-state index contributed by atoms with van der Waals surface area (Å²) in [6, 6.07) is 0.885. The van der Waals surface area contributed by atoms with Gasteiger partial charge >= 0.3 is 5.97 Å². The highest BCUT2D eigenvalue weighted by molar-refractivity contribution is 8.13. The molecule has 0 fully saturated rings. The number of rotatable bonds is 2. The molecule has 0 aliphatic carbocycles. The maximum atomic E-state index is 11.5. The highest BCUT2D eigenvalue weighted by Crippen LogP contribution is 2.14. The summed E-state index contributed by atoms with van der Waals surface area (Å²) in [4.78, 5) is 22.3. The minimum atomic E-state index is -4.00. The lowest BCUT2D eigenvalue weighted by Crippen LogP contribution is -2.25. The highest BCUT2D eigenvalue weighted by atomic mass is 35.7. The van der Waals surface area contributed by atoms with E-state index >= 15 is 0 Å². The normalized spacial score (nSPS) is 11.2. The van der Waals surface area contributed by atoms with E-state index in [1.807, 2.05) is 0 Å². The molecule has 8 heteroatoms. The first-order valence-corrected chi connectivity index (χ1v) is 6.32. The Hall–Kier alpha value is -1.34. The van der Waals surface area contributed by atoms with E-state index < -0.39 is 20.6 Å². The second kappa shape index (κ2) is 4.26. The van der Waals surface area contributed by atoms with Gasteiger partial charge in [0.15, 0.2) is 0 Å². The zero-order chi connectivity index (χ0) is 12.5. The van der Waals surface area contributed by atoms with Crippen LogP contribution in [0.5, 0.6) is 0 Å². The molecule has 0 aliphatic rings. The average Bonchev–Trinajstić information content (AvgIpc) is 2.19. The molecular weight excluding hydrogens is 258 g/mol. The van der Waals surface area contributed by atoms with Crippen LogP contribution in [0.2, 0.25) is 0 Å². The number of hydrogen-bond acceptors (Lipinski definition) is 5. The molecular formula is C8H8ClNO5S. The molecule has 0 amide bonds. The molecule has 0 saturated carbocycles. The SMILES string of the molecule is COC(=O)c1cc(S(=O)(=O)Cl)cn(C)c1=O. The molecule has 1 aromatic heterocycles. The number of aromatic nitrogens is 1. The van der Waals surface area contributed by atoms with Gasteiger partial charge in [0, 0.05) is 23.9 Å². The quantitative estimate of drug-likeness (QED) is 0.559. The van der Waals surface area contributed by atoms with Crippen LogP contribution < -0.4 is 5.56 Å². The van der Waals surface area contributed by atoms with Crippen LogP contribution in [-0.2, 0) is 20.8 Å². The summed E-state index contributed by atoms with van der Waals surface area (Å²) in [5, 5.41) is 0. The van der Waals surface area contributed by atoms with Crippen molar-refractivity contribution in [2.24, 2.45) is 7.05 Å². The zero-order valence-corrected chi connectivity index (χ0v) is 10.0. The van der Waals surface area contributed by atoms with Gasteiger partial charge < -0.3 is 9.30 Å². The van der Waals surface area contributed by atoms with E-state index in [4.69, 9.17) is 10.7 Å². The lowest BCUT2D eigenvalue weighted by Gasteiger charge is -2.04. The number of pyridine rings is 1. The van der Waals surface area contributed by atoms with E-state index in [-0.39, 0.29) is 10.5 Å². The molecule has 1 aromatic rings. The third-order valence-electron chi connectivity index (χ3n) is 1.85. The molecule has 1 rings (SSSR count). The lowest BCUT2D eigenvalue weighted by molar-refractivity contribution is 0.0597. The van der Waals surface area contributed by atoms with Gasteiger partial charge in [-0.3, -0.25) is 4.79 Å². The van der Waals surface area contributed by atoms with Crippen molar-refractivity contribution in [3.05, 3.63) is 28.2 Å². The Labute approximate surface area is 95.8 Å². The smallest absolute Gasteiger partial charge is 0.343 e. The summed E-state index contributed by atoms with van der Waals surface area (Å²) in [6.07, 6.45) is 1.02. The molecule has 0 radical (unpaired) electrons. The Balaban J connectivity index is 3.58. The standard InChI is InChI=1S/C8H8ClNO5S/c1-10-4-5(16(9,13)14)3-6(7(10)11)8(12)15-2/h3-4H,1-2H3. The van der Waals surface area contributed by atoms with E-state index in [2.05, 4.69) is 4.74 Å². The number of carbonyl (C=O) groups is 1. The number of ether oxygens (including phenoxy) is 1. The summed E-state index contributed by atoms with van der Waals surface area (Å²) in [5.74, 6) is -0.914. The van der Waals surface area contributed by atoms with Crippen LogP contribution in [-0.4, -0.2) is 26.1 Å². The summed E-state index contributed by atoms with van der Waals surface area (Å²) in [7, 11) is 3.50. The predicted molar refractivity (Wildman–Crippen MR) is 56.1 cm³/mol. The third kappa shape index (κ3) is 2.42. The Morgan fingerprint density at radius 3 is 2.50 bits per heavy atom. The Kier molecular flexibility index (Phi) is 3.39. The number of hydrogen-bond donors (Lipinski definition) is 0. The summed E-state index contributed by atoms with van der Waals surface area (Å²) in [6.45, 7) is 0. The van der Waals surface area contributed by atoms with Crippen molar-refractivity contribution in [2.45, 2.75) is 4.90 Å². The largest absolute Gasteiger partial charge is 0.465 e. The molecule has 0 saturated heterocycles. The van der Waals surface area contributed by atoms with E-state index in [0.29, 0.717) is 0 Å². The first-order valence-electron chi connectivity index (χ1n) is 4.01. The molecule has 0 aromatic carbocycles. The number of esters is 1. The Morgan fingerprint density at radius 2 is 2.06 bits per heavy atom. The minimum Gasteiger partial charge on any atom is -0.465 e. The van der Waals surface area contributed by atoms with Crippen LogP contribution in [0.1, 0.15) is 10.4 Å². The lowest BCUT2D eigenvalue weighted by atomic mass is 10.3.